The van der Waals surface area contributed by atoms with Gasteiger partial charge in [0.25, 0.3) is 0 Å². The molecule has 2 N–H and O–H groups in total. The number of piperazine rings is 1. The molecule has 1 amide bonds. The molecule has 130 valence electrons. The van der Waals surface area contributed by atoms with E-state index in [4.69, 9.17) is 23.2 Å². The van der Waals surface area contributed by atoms with Crippen molar-refractivity contribution in [3.63, 3.8) is 0 Å². The summed E-state index contributed by atoms with van der Waals surface area (Å²) in [5, 5.41) is 7.44. The smallest absolute Gasteiger partial charge is 0.220 e. The van der Waals surface area contributed by atoms with Crippen LogP contribution in [0.5, 0.6) is 0 Å². The van der Waals surface area contributed by atoms with Crippen LogP contribution in [0.4, 0.5) is 0 Å². The number of carbonyl (C=O) groups excluding carboxylic acids is 1. The van der Waals surface area contributed by atoms with Gasteiger partial charge in [0.05, 0.1) is 10.0 Å². The standard InChI is InChI=1S/C16H23Cl2N3O.ClH/c17-14-5-4-13(12-15(14)18)2-1-3-16(22)20-8-11-21-9-6-19-7-10-21;/h4-5,12,19H,1-3,6-11H2,(H,20,22);1H. The summed E-state index contributed by atoms with van der Waals surface area (Å²) >= 11 is 11.9. The topological polar surface area (TPSA) is 44.4 Å². The third kappa shape index (κ3) is 7.73. The molecule has 7 heteroatoms. The third-order valence-corrected chi connectivity index (χ3v) is 4.55. The zero-order valence-corrected chi connectivity index (χ0v) is 15.4. The van der Waals surface area contributed by atoms with Gasteiger partial charge in [0.2, 0.25) is 5.91 Å². The summed E-state index contributed by atoms with van der Waals surface area (Å²) in [7, 11) is 0. The van der Waals surface area contributed by atoms with E-state index in [2.05, 4.69) is 15.5 Å². The van der Waals surface area contributed by atoms with Crippen LogP contribution in [0.15, 0.2) is 18.2 Å². The number of nitrogens with one attached hydrogen (secondary N) is 2. The molecule has 1 fully saturated rings. The molecule has 23 heavy (non-hydrogen) atoms. The highest BCUT2D eigenvalue weighted by atomic mass is 35.5. The number of carbonyl (C=O) groups is 1. The predicted molar refractivity (Wildman–Crippen MR) is 99.0 cm³/mol. The fourth-order valence-corrected chi connectivity index (χ4v) is 2.85. The summed E-state index contributed by atoms with van der Waals surface area (Å²) in [5.41, 5.74) is 1.11. The quantitative estimate of drug-likeness (QED) is 0.764. The number of amides is 1. The molecule has 0 radical (unpaired) electrons. The number of hydrogen-bond acceptors (Lipinski definition) is 3. The Morgan fingerprint density at radius 1 is 1.22 bits per heavy atom. The van der Waals surface area contributed by atoms with E-state index < -0.39 is 0 Å². The summed E-state index contributed by atoms with van der Waals surface area (Å²) in [4.78, 5) is 14.2. The van der Waals surface area contributed by atoms with E-state index in [0.717, 1.165) is 57.7 Å². The Morgan fingerprint density at radius 2 is 1.96 bits per heavy atom. The summed E-state index contributed by atoms with van der Waals surface area (Å²) < 4.78 is 0. The minimum Gasteiger partial charge on any atom is -0.355 e. The molecular formula is C16H24Cl3N3O. The number of halogens is 3. The van der Waals surface area contributed by atoms with E-state index in [1.54, 1.807) is 6.07 Å². The first-order valence-electron chi connectivity index (χ1n) is 7.79. The molecule has 0 atom stereocenters. The van der Waals surface area contributed by atoms with Gasteiger partial charge in [-0.3, -0.25) is 9.69 Å². The Hall–Kier alpha value is -0.520. The van der Waals surface area contributed by atoms with Crippen molar-refractivity contribution in [2.45, 2.75) is 19.3 Å². The van der Waals surface area contributed by atoms with Crippen LogP contribution in [0.3, 0.4) is 0 Å². The molecule has 4 nitrogen and oxygen atoms in total. The lowest BCUT2D eigenvalue weighted by atomic mass is 10.1. The van der Waals surface area contributed by atoms with E-state index in [1.165, 1.54) is 0 Å². The van der Waals surface area contributed by atoms with Gasteiger partial charge >= 0.3 is 0 Å². The average molecular weight is 381 g/mol. The van der Waals surface area contributed by atoms with Crippen molar-refractivity contribution in [1.82, 2.24) is 15.5 Å². The molecular weight excluding hydrogens is 357 g/mol. The molecule has 0 aromatic heterocycles. The first-order valence-corrected chi connectivity index (χ1v) is 8.54. The van der Waals surface area contributed by atoms with Crippen LogP contribution in [-0.4, -0.2) is 50.1 Å². The Labute approximate surface area is 154 Å². The SMILES string of the molecule is Cl.O=C(CCCc1ccc(Cl)c(Cl)c1)NCCN1CCNCC1. The fourth-order valence-electron chi connectivity index (χ4n) is 2.52. The van der Waals surface area contributed by atoms with Crippen LogP contribution < -0.4 is 10.6 Å². The van der Waals surface area contributed by atoms with Crippen molar-refractivity contribution in [1.29, 1.82) is 0 Å². The summed E-state index contributed by atoms with van der Waals surface area (Å²) in [6, 6.07) is 5.62. The molecule has 1 aliphatic rings. The molecule has 1 aliphatic heterocycles. The maximum atomic E-state index is 11.8. The summed E-state index contributed by atoms with van der Waals surface area (Å²) in [5.74, 6) is 0.121. The maximum Gasteiger partial charge on any atom is 0.220 e. The van der Waals surface area contributed by atoms with Crippen molar-refractivity contribution in [3.05, 3.63) is 33.8 Å². The summed E-state index contributed by atoms with van der Waals surface area (Å²) in [6.45, 7) is 5.86. The Bertz CT molecular complexity index is 493. The zero-order valence-electron chi connectivity index (χ0n) is 13.1. The van der Waals surface area contributed by atoms with Gasteiger partial charge in [-0.1, -0.05) is 29.3 Å². The van der Waals surface area contributed by atoms with Crippen LogP contribution in [0.2, 0.25) is 10.0 Å². The number of nitrogens with zero attached hydrogens (tertiary/aromatic N) is 1. The molecule has 0 aliphatic carbocycles. The van der Waals surface area contributed by atoms with Crippen LogP contribution >= 0.6 is 35.6 Å². The van der Waals surface area contributed by atoms with Gasteiger partial charge < -0.3 is 10.6 Å². The van der Waals surface area contributed by atoms with Gasteiger partial charge in [0.1, 0.15) is 0 Å². The largest absolute Gasteiger partial charge is 0.355 e. The molecule has 0 unspecified atom stereocenters. The predicted octanol–water partition coefficient (Wildman–Crippen LogP) is 2.76. The van der Waals surface area contributed by atoms with E-state index in [1.807, 2.05) is 12.1 Å². The second-order valence-corrected chi connectivity index (χ2v) is 6.36. The van der Waals surface area contributed by atoms with Gasteiger partial charge in [0, 0.05) is 45.7 Å². The minimum absolute atomic E-state index is 0. The first-order chi connectivity index (χ1) is 10.6. The first kappa shape index (κ1) is 20.5. The molecule has 0 saturated carbocycles. The Kier molecular flexibility index (Phi) is 9.91. The van der Waals surface area contributed by atoms with Gasteiger partial charge in [-0.2, -0.15) is 0 Å². The third-order valence-electron chi connectivity index (χ3n) is 3.81. The van der Waals surface area contributed by atoms with Gasteiger partial charge in [0.15, 0.2) is 0 Å². The molecule has 0 spiro atoms. The molecule has 1 aromatic carbocycles. The van der Waals surface area contributed by atoms with Crippen molar-refractivity contribution in [2.24, 2.45) is 0 Å². The normalized spacial score (nSPS) is 15.0. The average Bonchev–Trinajstić information content (AvgIpc) is 2.52. The van der Waals surface area contributed by atoms with Gasteiger partial charge in [-0.25, -0.2) is 0 Å². The van der Waals surface area contributed by atoms with E-state index in [-0.39, 0.29) is 18.3 Å². The summed E-state index contributed by atoms with van der Waals surface area (Å²) in [6.07, 6.45) is 2.20. The van der Waals surface area contributed by atoms with E-state index >= 15 is 0 Å². The highest BCUT2D eigenvalue weighted by Crippen LogP contribution is 2.23. The van der Waals surface area contributed by atoms with Crippen LogP contribution in [0.1, 0.15) is 18.4 Å². The second kappa shape index (κ2) is 11.1. The zero-order chi connectivity index (χ0) is 15.8. The van der Waals surface area contributed by atoms with Gasteiger partial charge in [-0.05, 0) is 30.5 Å². The van der Waals surface area contributed by atoms with Crippen molar-refractivity contribution < 1.29 is 4.79 Å². The monoisotopic (exact) mass is 379 g/mol. The molecule has 1 saturated heterocycles. The fraction of sp³-hybridized carbons (Fsp3) is 0.562. The number of aryl methyl sites for hydroxylation is 1. The lowest BCUT2D eigenvalue weighted by Crippen LogP contribution is -2.46. The number of rotatable bonds is 7. The van der Waals surface area contributed by atoms with Crippen LogP contribution in [-0.2, 0) is 11.2 Å². The van der Waals surface area contributed by atoms with Crippen LogP contribution in [0, 0.1) is 0 Å². The Morgan fingerprint density at radius 3 is 2.65 bits per heavy atom. The molecule has 1 heterocycles. The number of hydrogen-bond donors (Lipinski definition) is 2. The van der Waals surface area contributed by atoms with Crippen LogP contribution in [0.25, 0.3) is 0 Å². The Balaban J connectivity index is 0.00000264. The van der Waals surface area contributed by atoms with Crippen molar-refractivity contribution in [2.75, 3.05) is 39.3 Å². The second-order valence-electron chi connectivity index (χ2n) is 5.54. The van der Waals surface area contributed by atoms with Gasteiger partial charge in [-0.15, -0.1) is 12.4 Å². The minimum atomic E-state index is 0. The molecule has 0 bridgehead atoms. The van der Waals surface area contributed by atoms with Crippen molar-refractivity contribution >= 4 is 41.5 Å². The lowest BCUT2D eigenvalue weighted by molar-refractivity contribution is -0.121. The molecule has 2 rings (SSSR count). The number of benzene rings is 1. The highest BCUT2D eigenvalue weighted by Gasteiger charge is 2.09. The maximum absolute atomic E-state index is 11.8. The lowest BCUT2D eigenvalue weighted by Gasteiger charge is -2.27. The van der Waals surface area contributed by atoms with Crippen molar-refractivity contribution in [3.8, 4) is 0 Å². The van der Waals surface area contributed by atoms with E-state index in [0.29, 0.717) is 16.5 Å². The highest BCUT2D eigenvalue weighted by molar-refractivity contribution is 6.42. The van der Waals surface area contributed by atoms with E-state index in [9.17, 15) is 4.79 Å². The molecule has 1 aromatic rings.